The molecule has 4 rings (SSSR count). The van der Waals surface area contributed by atoms with Gasteiger partial charge in [-0.05, 0) is 74.9 Å². The molecule has 0 aliphatic rings. The molecule has 0 saturated carbocycles. The molecular formula is C28H27FN2O2. The minimum absolute atomic E-state index is 0.258. The normalized spacial score (nSPS) is 11.5. The van der Waals surface area contributed by atoms with Crippen LogP contribution in [0.2, 0.25) is 0 Å². The van der Waals surface area contributed by atoms with Gasteiger partial charge in [0.1, 0.15) is 18.2 Å². The largest absolute Gasteiger partial charge is 0.496 e. The molecule has 168 valence electrons. The van der Waals surface area contributed by atoms with E-state index in [2.05, 4.69) is 53.9 Å². The van der Waals surface area contributed by atoms with Crippen LogP contribution >= 0.6 is 0 Å². The molecule has 33 heavy (non-hydrogen) atoms. The standard InChI is InChI=1S/C28H27FN2O2/c1-19-9-15-25(16-10-19)31-21(3)26(17-27(31)22-11-13-24(29)14-12-22)20(2)30-33-18-23-7-5-6-8-28(23)32-4/h5-17H,18H2,1-4H3/b30-20-. The van der Waals surface area contributed by atoms with Gasteiger partial charge >= 0.3 is 0 Å². The van der Waals surface area contributed by atoms with E-state index in [9.17, 15) is 4.39 Å². The summed E-state index contributed by atoms with van der Waals surface area (Å²) in [6.45, 7) is 6.36. The van der Waals surface area contributed by atoms with Crippen LogP contribution in [-0.2, 0) is 11.4 Å². The van der Waals surface area contributed by atoms with Gasteiger partial charge in [0.15, 0.2) is 0 Å². The Kier molecular flexibility index (Phi) is 6.59. The quantitative estimate of drug-likeness (QED) is 0.232. The van der Waals surface area contributed by atoms with Crippen LogP contribution in [0.4, 0.5) is 4.39 Å². The Hall–Kier alpha value is -3.86. The number of aryl methyl sites for hydroxylation is 1. The third kappa shape index (κ3) is 4.82. The van der Waals surface area contributed by atoms with Crippen LogP contribution < -0.4 is 4.74 Å². The molecule has 0 saturated heterocycles. The fourth-order valence-corrected chi connectivity index (χ4v) is 3.90. The van der Waals surface area contributed by atoms with Crippen LogP contribution in [0.15, 0.2) is 84.0 Å². The Balaban J connectivity index is 1.70. The monoisotopic (exact) mass is 442 g/mol. The highest BCUT2D eigenvalue weighted by molar-refractivity contribution is 6.01. The summed E-state index contributed by atoms with van der Waals surface area (Å²) in [6, 6.07) is 24.7. The zero-order chi connectivity index (χ0) is 23.4. The highest BCUT2D eigenvalue weighted by Gasteiger charge is 2.17. The van der Waals surface area contributed by atoms with Gasteiger partial charge in [-0.1, -0.05) is 41.1 Å². The van der Waals surface area contributed by atoms with E-state index in [4.69, 9.17) is 9.57 Å². The number of hydrogen-bond donors (Lipinski definition) is 0. The Morgan fingerprint density at radius 1 is 0.939 bits per heavy atom. The van der Waals surface area contributed by atoms with E-state index in [-0.39, 0.29) is 5.82 Å². The zero-order valence-electron chi connectivity index (χ0n) is 19.3. The molecule has 4 aromatic rings. The second kappa shape index (κ2) is 9.74. The van der Waals surface area contributed by atoms with Crippen molar-refractivity contribution in [3.63, 3.8) is 0 Å². The third-order valence-electron chi connectivity index (χ3n) is 5.68. The van der Waals surface area contributed by atoms with E-state index in [1.54, 1.807) is 19.2 Å². The van der Waals surface area contributed by atoms with Crippen LogP contribution in [0.5, 0.6) is 5.75 Å². The number of halogens is 1. The number of nitrogens with zero attached hydrogens (tertiary/aromatic N) is 2. The number of benzene rings is 3. The number of methoxy groups -OCH3 is 1. The number of rotatable bonds is 7. The van der Waals surface area contributed by atoms with Gasteiger partial charge in [-0.15, -0.1) is 0 Å². The average molecular weight is 443 g/mol. The van der Waals surface area contributed by atoms with Crippen molar-refractivity contribution >= 4 is 5.71 Å². The van der Waals surface area contributed by atoms with Gasteiger partial charge in [0, 0.05) is 22.5 Å². The highest BCUT2D eigenvalue weighted by Crippen LogP contribution is 2.30. The van der Waals surface area contributed by atoms with Crippen molar-refractivity contribution in [1.82, 2.24) is 4.57 Å². The Morgan fingerprint density at radius 2 is 1.64 bits per heavy atom. The summed E-state index contributed by atoms with van der Waals surface area (Å²) in [5.74, 6) is 0.511. The van der Waals surface area contributed by atoms with Gasteiger partial charge in [0.2, 0.25) is 0 Å². The van der Waals surface area contributed by atoms with Crippen LogP contribution in [0.3, 0.4) is 0 Å². The lowest BCUT2D eigenvalue weighted by atomic mass is 10.1. The summed E-state index contributed by atoms with van der Waals surface area (Å²) >= 11 is 0. The van der Waals surface area contributed by atoms with Gasteiger partial charge in [-0.2, -0.15) is 0 Å². The first-order valence-corrected chi connectivity index (χ1v) is 10.8. The van der Waals surface area contributed by atoms with E-state index in [1.807, 2.05) is 31.2 Å². The topological polar surface area (TPSA) is 35.8 Å². The maximum Gasteiger partial charge on any atom is 0.145 e. The van der Waals surface area contributed by atoms with Gasteiger partial charge in [0.05, 0.1) is 18.5 Å². The van der Waals surface area contributed by atoms with Crippen molar-refractivity contribution in [2.24, 2.45) is 5.16 Å². The van der Waals surface area contributed by atoms with Crippen molar-refractivity contribution in [3.8, 4) is 22.7 Å². The number of ether oxygens (including phenoxy) is 1. The predicted molar refractivity (Wildman–Crippen MR) is 131 cm³/mol. The molecule has 1 heterocycles. The summed E-state index contributed by atoms with van der Waals surface area (Å²) in [6.07, 6.45) is 0. The molecule has 5 heteroatoms. The predicted octanol–water partition coefficient (Wildman–Crippen LogP) is 6.85. The second-order valence-electron chi connectivity index (χ2n) is 7.97. The molecule has 1 aromatic heterocycles. The molecular weight excluding hydrogens is 415 g/mol. The van der Waals surface area contributed by atoms with Crippen molar-refractivity contribution in [1.29, 1.82) is 0 Å². The molecule has 0 aliphatic carbocycles. The molecule has 0 N–H and O–H groups in total. The molecule has 0 fully saturated rings. The first-order chi connectivity index (χ1) is 16.0. The maximum absolute atomic E-state index is 13.6. The summed E-state index contributed by atoms with van der Waals surface area (Å²) in [5, 5.41) is 4.38. The van der Waals surface area contributed by atoms with Crippen LogP contribution in [-0.4, -0.2) is 17.4 Å². The molecule has 0 unspecified atom stereocenters. The van der Waals surface area contributed by atoms with E-state index < -0.39 is 0 Å². The highest BCUT2D eigenvalue weighted by atomic mass is 19.1. The fourth-order valence-electron chi connectivity index (χ4n) is 3.90. The molecule has 3 aromatic carbocycles. The fraction of sp³-hybridized carbons (Fsp3) is 0.179. The number of para-hydroxylation sites is 1. The van der Waals surface area contributed by atoms with E-state index in [0.717, 1.165) is 45.2 Å². The summed E-state index contributed by atoms with van der Waals surface area (Å²) < 4.78 is 21.1. The van der Waals surface area contributed by atoms with Gasteiger partial charge in [-0.25, -0.2) is 4.39 Å². The number of oxime groups is 1. The number of hydrogen-bond acceptors (Lipinski definition) is 3. The first-order valence-electron chi connectivity index (χ1n) is 10.8. The summed E-state index contributed by atoms with van der Waals surface area (Å²) in [5.41, 5.74) is 7.80. The molecule has 0 spiro atoms. The van der Waals surface area contributed by atoms with Gasteiger partial charge in [0.25, 0.3) is 0 Å². The molecule has 0 aliphatic heterocycles. The van der Waals surface area contributed by atoms with Crippen molar-refractivity contribution in [2.45, 2.75) is 27.4 Å². The lowest BCUT2D eigenvalue weighted by molar-refractivity contribution is 0.128. The van der Waals surface area contributed by atoms with Crippen LogP contribution in [0.25, 0.3) is 16.9 Å². The lowest BCUT2D eigenvalue weighted by Crippen LogP contribution is -2.03. The number of aromatic nitrogens is 1. The van der Waals surface area contributed by atoms with Crippen LogP contribution in [0.1, 0.15) is 29.3 Å². The SMILES string of the molecule is COc1ccccc1CO/N=C(/C)c1cc(-c2ccc(F)cc2)n(-c2ccc(C)cc2)c1C. The molecule has 0 bridgehead atoms. The Bertz CT molecular complexity index is 1270. The summed E-state index contributed by atoms with van der Waals surface area (Å²) in [4.78, 5) is 5.67. The van der Waals surface area contributed by atoms with E-state index >= 15 is 0 Å². The van der Waals surface area contributed by atoms with Gasteiger partial charge < -0.3 is 14.1 Å². The van der Waals surface area contributed by atoms with E-state index in [1.165, 1.54) is 17.7 Å². The minimum Gasteiger partial charge on any atom is -0.496 e. The minimum atomic E-state index is -0.258. The van der Waals surface area contributed by atoms with E-state index in [0.29, 0.717) is 6.61 Å². The van der Waals surface area contributed by atoms with Crippen molar-refractivity contribution in [3.05, 3.63) is 107 Å². The smallest absolute Gasteiger partial charge is 0.145 e. The third-order valence-corrected chi connectivity index (χ3v) is 5.68. The molecule has 4 nitrogen and oxygen atoms in total. The second-order valence-corrected chi connectivity index (χ2v) is 7.97. The van der Waals surface area contributed by atoms with Gasteiger partial charge in [-0.3, -0.25) is 0 Å². The van der Waals surface area contributed by atoms with Crippen LogP contribution in [0, 0.1) is 19.7 Å². The molecule has 0 atom stereocenters. The molecule has 0 radical (unpaired) electrons. The van der Waals surface area contributed by atoms with Crippen molar-refractivity contribution in [2.75, 3.05) is 7.11 Å². The summed E-state index contributed by atoms with van der Waals surface area (Å²) in [7, 11) is 1.64. The lowest BCUT2D eigenvalue weighted by Gasteiger charge is -2.13. The average Bonchev–Trinajstić information content (AvgIpc) is 3.17. The maximum atomic E-state index is 13.6. The molecule has 0 amide bonds. The van der Waals surface area contributed by atoms with Crippen molar-refractivity contribution < 1.29 is 14.0 Å². The zero-order valence-corrected chi connectivity index (χ0v) is 19.3. The Labute approximate surface area is 193 Å². The Morgan fingerprint density at radius 3 is 2.33 bits per heavy atom. The first kappa shape index (κ1) is 22.3.